The molecule has 2 rings (SSSR count). The van der Waals surface area contributed by atoms with Crippen molar-refractivity contribution < 1.29 is 18.3 Å². The summed E-state index contributed by atoms with van der Waals surface area (Å²) in [5, 5.41) is 0. The van der Waals surface area contributed by atoms with Crippen molar-refractivity contribution >= 4 is 0 Å². The Labute approximate surface area is 86.8 Å². The van der Waals surface area contributed by atoms with Crippen LogP contribution < -0.4 is 0 Å². The first-order chi connectivity index (χ1) is 7.16. The van der Waals surface area contributed by atoms with Gasteiger partial charge in [0.05, 0.1) is 19.3 Å². The summed E-state index contributed by atoms with van der Waals surface area (Å²) in [5.41, 5.74) is 0.634. The topological polar surface area (TPSA) is 21.8 Å². The SMILES string of the molecule is C[C@H](OC[C@@H]1CO1)c1ccc(F)c(F)c1. The van der Waals surface area contributed by atoms with Crippen molar-refractivity contribution in [3.8, 4) is 0 Å². The van der Waals surface area contributed by atoms with Gasteiger partial charge in [-0.15, -0.1) is 0 Å². The van der Waals surface area contributed by atoms with Gasteiger partial charge in [-0.2, -0.15) is 0 Å². The Morgan fingerprint density at radius 1 is 1.47 bits per heavy atom. The van der Waals surface area contributed by atoms with Crippen molar-refractivity contribution in [1.29, 1.82) is 0 Å². The molecule has 2 nitrogen and oxygen atoms in total. The third-order valence-corrected chi connectivity index (χ3v) is 2.35. The summed E-state index contributed by atoms with van der Waals surface area (Å²) in [7, 11) is 0. The fourth-order valence-corrected chi connectivity index (χ4v) is 1.28. The number of halogens is 2. The van der Waals surface area contributed by atoms with E-state index in [-0.39, 0.29) is 12.2 Å². The fourth-order valence-electron chi connectivity index (χ4n) is 1.28. The van der Waals surface area contributed by atoms with Gasteiger partial charge in [0.2, 0.25) is 0 Å². The molecule has 1 fully saturated rings. The zero-order chi connectivity index (χ0) is 10.8. The number of benzene rings is 1. The van der Waals surface area contributed by atoms with E-state index in [1.54, 1.807) is 6.92 Å². The molecule has 2 atom stereocenters. The highest BCUT2D eigenvalue weighted by Gasteiger charge is 2.23. The third kappa shape index (κ3) is 2.73. The standard InChI is InChI=1S/C11H12F2O2/c1-7(14-5-9-6-15-9)8-2-3-10(12)11(13)4-8/h2-4,7,9H,5-6H2,1H3/t7-,9+/m0/s1. The van der Waals surface area contributed by atoms with E-state index >= 15 is 0 Å². The second kappa shape index (κ2) is 4.24. The Kier molecular flexibility index (Phi) is 2.98. The average molecular weight is 214 g/mol. The summed E-state index contributed by atoms with van der Waals surface area (Å²) < 4.78 is 36.0. The van der Waals surface area contributed by atoms with Crippen molar-refractivity contribution in [2.75, 3.05) is 13.2 Å². The Hall–Kier alpha value is -1.00. The van der Waals surface area contributed by atoms with E-state index in [0.717, 1.165) is 18.7 Å². The molecular weight excluding hydrogens is 202 g/mol. The number of epoxide rings is 1. The lowest BCUT2D eigenvalue weighted by Gasteiger charge is -2.12. The van der Waals surface area contributed by atoms with Crippen molar-refractivity contribution in [1.82, 2.24) is 0 Å². The summed E-state index contributed by atoms with van der Waals surface area (Å²) in [6, 6.07) is 3.79. The van der Waals surface area contributed by atoms with Gasteiger partial charge in [0, 0.05) is 0 Å². The normalized spacial score (nSPS) is 21.4. The first kappa shape index (κ1) is 10.5. The molecule has 1 saturated heterocycles. The average Bonchev–Trinajstić information content (AvgIpc) is 3.02. The van der Waals surface area contributed by atoms with Crippen LogP contribution in [0.3, 0.4) is 0 Å². The van der Waals surface area contributed by atoms with Crippen LogP contribution in [0.1, 0.15) is 18.6 Å². The van der Waals surface area contributed by atoms with Crippen LogP contribution in [-0.2, 0) is 9.47 Å². The summed E-state index contributed by atoms with van der Waals surface area (Å²) >= 11 is 0. The molecule has 1 aliphatic heterocycles. The minimum absolute atomic E-state index is 0.178. The zero-order valence-corrected chi connectivity index (χ0v) is 8.37. The van der Waals surface area contributed by atoms with Gasteiger partial charge in [0.15, 0.2) is 11.6 Å². The smallest absolute Gasteiger partial charge is 0.159 e. The Balaban J connectivity index is 1.97. The summed E-state index contributed by atoms with van der Waals surface area (Å²) in [5.74, 6) is -1.68. The molecule has 0 aliphatic carbocycles. The van der Waals surface area contributed by atoms with E-state index in [9.17, 15) is 8.78 Å². The van der Waals surface area contributed by atoms with Crippen LogP contribution in [-0.4, -0.2) is 19.3 Å². The van der Waals surface area contributed by atoms with Crippen LogP contribution in [0.2, 0.25) is 0 Å². The predicted molar refractivity (Wildman–Crippen MR) is 50.5 cm³/mol. The van der Waals surface area contributed by atoms with Crippen LogP contribution in [0.5, 0.6) is 0 Å². The molecule has 0 spiro atoms. The lowest BCUT2D eigenvalue weighted by Crippen LogP contribution is -2.06. The summed E-state index contributed by atoms with van der Waals surface area (Å²) in [4.78, 5) is 0. The van der Waals surface area contributed by atoms with E-state index in [1.807, 2.05) is 0 Å². The molecule has 0 aromatic heterocycles. The van der Waals surface area contributed by atoms with E-state index in [2.05, 4.69) is 0 Å². The van der Waals surface area contributed by atoms with Gasteiger partial charge in [-0.3, -0.25) is 0 Å². The predicted octanol–water partition coefficient (Wildman–Crippen LogP) is 2.44. The van der Waals surface area contributed by atoms with Crippen LogP contribution in [0.15, 0.2) is 18.2 Å². The summed E-state index contributed by atoms with van der Waals surface area (Å²) in [6.07, 6.45) is -0.0676. The number of hydrogen-bond acceptors (Lipinski definition) is 2. The molecule has 0 N–H and O–H groups in total. The molecule has 1 aliphatic rings. The van der Waals surface area contributed by atoms with E-state index < -0.39 is 11.6 Å². The molecule has 15 heavy (non-hydrogen) atoms. The maximum Gasteiger partial charge on any atom is 0.159 e. The number of ether oxygens (including phenoxy) is 2. The maximum atomic E-state index is 12.9. The van der Waals surface area contributed by atoms with Crippen molar-refractivity contribution in [2.45, 2.75) is 19.1 Å². The molecule has 0 unspecified atom stereocenters. The van der Waals surface area contributed by atoms with Gasteiger partial charge in [-0.25, -0.2) is 8.78 Å². The molecule has 82 valence electrons. The quantitative estimate of drug-likeness (QED) is 0.718. The van der Waals surface area contributed by atoms with Gasteiger partial charge in [0.25, 0.3) is 0 Å². The van der Waals surface area contributed by atoms with Gasteiger partial charge in [-0.1, -0.05) is 6.07 Å². The third-order valence-electron chi connectivity index (χ3n) is 2.35. The number of hydrogen-bond donors (Lipinski definition) is 0. The Bertz CT molecular complexity index is 350. The first-order valence-electron chi connectivity index (χ1n) is 4.85. The molecule has 0 radical (unpaired) electrons. The van der Waals surface area contributed by atoms with E-state index in [0.29, 0.717) is 12.2 Å². The minimum atomic E-state index is -0.842. The Morgan fingerprint density at radius 3 is 2.80 bits per heavy atom. The molecule has 4 heteroatoms. The first-order valence-corrected chi connectivity index (χ1v) is 4.85. The second-order valence-electron chi connectivity index (χ2n) is 3.60. The highest BCUT2D eigenvalue weighted by molar-refractivity contribution is 5.19. The van der Waals surface area contributed by atoms with E-state index in [1.165, 1.54) is 6.07 Å². The largest absolute Gasteiger partial charge is 0.371 e. The lowest BCUT2D eigenvalue weighted by atomic mass is 10.1. The van der Waals surface area contributed by atoms with Gasteiger partial charge >= 0.3 is 0 Å². The second-order valence-corrected chi connectivity index (χ2v) is 3.60. The monoisotopic (exact) mass is 214 g/mol. The number of rotatable bonds is 4. The fraction of sp³-hybridized carbons (Fsp3) is 0.455. The maximum absolute atomic E-state index is 12.9. The molecule has 0 saturated carbocycles. The van der Waals surface area contributed by atoms with Crippen LogP contribution >= 0.6 is 0 Å². The van der Waals surface area contributed by atoms with Crippen molar-refractivity contribution in [3.05, 3.63) is 35.4 Å². The molecule has 0 bridgehead atoms. The highest BCUT2D eigenvalue weighted by Crippen LogP contribution is 2.21. The van der Waals surface area contributed by atoms with Crippen molar-refractivity contribution in [2.24, 2.45) is 0 Å². The molecular formula is C11H12F2O2. The van der Waals surface area contributed by atoms with Gasteiger partial charge in [0.1, 0.15) is 6.10 Å². The lowest BCUT2D eigenvalue weighted by molar-refractivity contribution is 0.0537. The highest BCUT2D eigenvalue weighted by atomic mass is 19.2. The van der Waals surface area contributed by atoms with Crippen LogP contribution in [0.4, 0.5) is 8.78 Å². The molecule has 1 aromatic rings. The molecule has 1 heterocycles. The van der Waals surface area contributed by atoms with Gasteiger partial charge in [-0.05, 0) is 24.6 Å². The van der Waals surface area contributed by atoms with Crippen LogP contribution in [0, 0.1) is 11.6 Å². The Morgan fingerprint density at radius 2 is 2.20 bits per heavy atom. The van der Waals surface area contributed by atoms with Gasteiger partial charge < -0.3 is 9.47 Å². The zero-order valence-electron chi connectivity index (χ0n) is 8.37. The van der Waals surface area contributed by atoms with E-state index in [4.69, 9.17) is 9.47 Å². The molecule has 0 amide bonds. The van der Waals surface area contributed by atoms with Crippen LogP contribution in [0.25, 0.3) is 0 Å². The summed E-state index contributed by atoms with van der Waals surface area (Å²) in [6.45, 7) is 3.03. The molecule has 1 aromatic carbocycles. The minimum Gasteiger partial charge on any atom is -0.371 e. The van der Waals surface area contributed by atoms with Crippen molar-refractivity contribution in [3.63, 3.8) is 0 Å².